The second kappa shape index (κ2) is 7.72. The van der Waals surface area contributed by atoms with Crippen molar-refractivity contribution in [3.8, 4) is 0 Å². The van der Waals surface area contributed by atoms with E-state index in [1.807, 2.05) is 0 Å². The van der Waals surface area contributed by atoms with Gasteiger partial charge in [-0.1, -0.05) is 0 Å². The lowest BCUT2D eigenvalue weighted by Gasteiger charge is -2.40. The molecule has 20 heavy (non-hydrogen) atoms. The average Bonchev–Trinajstić information content (AvgIpc) is 2.41. The zero-order chi connectivity index (χ0) is 14.6. The number of hydrogen-bond acceptors (Lipinski definition) is 4. The van der Waals surface area contributed by atoms with E-state index >= 15 is 0 Å². The molecule has 0 atom stereocenters. The van der Waals surface area contributed by atoms with Gasteiger partial charge in [-0.25, -0.2) is 3.11 Å². The van der Waals surface area contributed by atoms with Gasteiger partial charge in [0, 0.05) is 68.2 Å². The Kier molecular flexibility index (Phi) is 6.53. The van der Waals surface area contributed by atoms with E-state index in [2.05, 4.69) is 49.6 Å². The largest absolute Gasteiger partial charge is 0.390 e. The van der Waals surface area contributed by atoms with Gasteiger partial charge in [0.15, 0.2) is 0 Å². The van der Waals surface area contributed by atoms with Crippen LogP contribution >= 0.6 is 22.9 Å². The molecule has 0 aromatic carbocycles. The topological polar surface area (TPSA) is 30.0 Å². The fourth-order valence-electron chi connectivity index (χ4n) is 3.29. The average molecular weight is 395 g/mol. The minimum Gasteiger partial charge on any atom is -0.390 e. The fraction of sp³-hybridized carbons (Fsp3) is 1.00. The maximum atomic E-state index is 10.7. The lowest BCUT2D eigenvalue weighted by Crippen LogP contribution is -2.47. The van der Waals surface area contributed by atoms with E-state index in [0.29, 0.717) is 6.04 Å². The number of nitrogens with zero attached hydrogens (tertiary/aromatic N) is 3. The molecule has 0 aromatic rings. The molecule has 118 valence electrons. The molecule has 1 N–H and O–H groups in total. The molecule has 0 spiro atoms. The smallest absolute Gasteiger partial charge is 0.0672 e. The van der Waals surface area contributed by atoms with Crippen molar-refractivity contribution in [2.45, 2.75) is 51.2 Å². The Hall–Kier alpha value is 0.570. The van der Waals surface area contributed by atoms with E-state index < -0.39 is 5.60 Å². The predicted octanol–water partition coefficient (Wildman–Crippen LogP) is 1.97. The first kappa shape index (κ1) is 16.9. The van der Waals surface area contributed by atoms with Crippen molar-refractivity contribution < 1.29 is 5.11 Å². The van der Waals surface area contributed by atoms with Crippen molar-refractivity contribution >= 4 is 22.9 Å². The summed E-state index contributed by atoms with van der Waals surface area (Å²) in [7, 11) is 0. The summed E-state index contributed by atoms with van der Waals surface area (Å²) in [5.74, 6) is 0. The number of hydrogen-bond donors (Lipinski definition) is 1. The highest BCUT2D eigenvalue weighted by molar-refractivity contribution is 14.1. The zero-order valence-corrected chi connectivity index (χ0v) is 15.2. The summed E-state index contributed by atoms with van der Waals surface area (Å²) >= 11 is 2.41. The molecular formula is C15H30IN3O. The molecule has 2 aliphatic heterocycles. The minimum atomic E-state index is -0.392. The number of piperazine rings is 1. The zero-order valence-electron chi connectivity index (χ0n) is 13.0. The third-order valence-corrected chi connectivity index (χ3v) is 5.86. The van der Waals surface area contributed by atoms with Crippen molar-refractivity contribution in [1.82, 2.24) is 12.9 Å². The Labute approximate surface area is 138 Å². The third kappa shape index (κ3) is 5.09. The quantitative estimate of drug-likeness (QED) is 0.570. The molecule has 0 unspecified atom stereocenters. The molecule has 0 radical (unpaired) electrons. The highest BCUT2D eigenvalue weighted by Crippen LogP contribution is 2.28. The molecular weight excluding hydrogens is 365 g/mol. The fourth-order valence-corrected chi connectivity index (χ4v) is 3.72. The molecule has 0 aromatic heterocycles. The minimum absolute atomic E-state index is 0.392. The standard InChI is InChI=1S/C15H30IN3O/c1-14(2)18-8-5-15(20,6-9-18)4-3-7-17-10-12-19(16)13-11-17/h14,20H,3-13H2,1-2H3. The van der Waals surface area contributed by atoms with Crippen LogP contribution in [0.1, 0.15) is 39.5 Å². The van der Waals surface area contributed by atoms with Crippen molar-refractivity contribution in [1.29, 1.82) is 0 Å². The second-order valence-electron chi connectivity index (χ2n) is 6.71. The van der Waals surface area contributed by atoms with Gasteiger partial charge in [-0.2, -0.15) is 0 Å². The van der Waals surface area contributed by atoms with Crippen LogP contribution in [0.5, 0.6) is 0 Å². The second-order valence-corrected chi connectivity index (χ2v) is 8.07. The maximum absolute atomic E-state index is 10.7. The molecule has 2 rings (SSSR count). The van der Waals surface area contributed by atoms with Gasteiger partial charge in [-0.05, 0) is 46.1 Å². The van der Waals surface area contributed by atoms with Crippen molar-refractivity contribution in [2.24, 2.45) is 0 Å². The summed E-state index contributed by atoms with van der Waals surface area (Å²) in [4.78, 5) is 5.02. The van der Waals surface area contributed by atoms with Gasteiger partial charge in [0.2, 0.25) is 0 Å². The summed E-state index contributed by atoms with van der Waals surface area (Å²) in [5, 5.41) is 10.7. The SMILES string of the molecule is CC(C)N1CCC(O)(CCCN2CCN(I)CC2)CC1. The maximum Gasteiger partial charge on any atom is 0.0672 e. The van der Waals surface area contributed by atoms with Gasteiger partial charge in [-0.3, -0.25) is 0 Å². The van der Waals surface area contributed by atoms with Crippen LogP contribution in [0.25, 0.3) is 0 Å². The molecule has 2 aliphatic rings. The van der Waals surface area contributed by atoms with Crippen molar-refractivity contribution in [2.75, 3.05) is 45.8 Å². The summed E-state index contributed by atoms with van der Waals surface area (Å²) < 4.78 is 2.36. The van der Waals surface area contributed by atoms with Crippen LogP contribution in [-0.2, 0) is 0 Å². The van der Waals surface area contributed by atoms with Crippen LogP contribution in [0.2, 0.25) is 0 Å². The van der Waals surface area contributed by atoms with E-state index in [1.54, 1.807) is 0 Å². The molecule has 0 amide bonds. The Morgan fingerprint density at radius 3 is 2.20 bits per heavy atom. The first-order chi connectivity index (χ1) is 9.48. The Morgan fingerprint density at radius 2 is 1.65 bits per heavy atom. The summed E-state index contributed by atoms with van der Waals surface area (Å²) in [6.45, 7) is 12.5. The molecule has 4 nitrogen and oxygen atoms in total. The van der Waals surface area contributed by atoms with E-state index in [9.17, 15) is 5.11 Å². The van der Waals surface area contributed by atoms with Gasteiger partial charge in [0.1, 0.15) is 0 Å². The van der Waals surface area contributed by atoms with Gasteiger partial charge in [0.25, 0.3) is 0 Å². The normalized spacial score (nSPS) is 26.2. The Morgan fingerprint density at radius 1 is 1.05 bits per heavy atom. The van der Waals surface area contributed by atoms with Gasteiger partial charge in [0.05, 0.1) is 5.60 Å². The summed E-state index contributed by atoms with van der Waals surface area (Å²) in [5.41, 5.74) is -0.392. The molecule has 2 heterocycles. The molecule has 2 saturated heterocycles. The Balaban J connectivity index is 1.64. The van der Waals surface area contributed by atoms with Crippen molar-refractivity contribution in [3.63, 3.8) is 0 Å². The first-order valence-corrected chi connectivity index (χ1v) is 9.04. The van der Waals surface area contributed by atoms with E-state index in [0.717, 1.165) is 45.3 Å². The molecule has 5 heteroatoms. The van der Waals surface area contributed by atoms with Crippen LogP contribution in [0, 0.1) is 0 Å². The van der Waals surface area contributed by atoms with E-state index in [1.165, 1.54) is 26.2 Å². The predicted molar refractivity (Wildman–Crippen MR) is 92.2 cm³/mol. The van der Waals surface area contributed by atoms with Crippen LogP contribution in [-0.4, -0.2) is 75.5 Å². The number of piperidine rings is 1. The number of halogens is 1. The van der Waals surface area contributed by atoms with E-state index in [4.69, 9.17) is 0 Å². The highest BCUT2D eigenvalue weighted by Gasteiger charge is 2.32. The Bertz CT molecular complexity index is 285. The lowest BCUT2D eigenvalue weighted by molar-refractivity contribution is -0.0365. The molecule has 2 fully saturated rings. The first-order valence-electron chi connectivity index (χ1n) is 8.08. The van der Waals surface area contributed by atoms with Crippen LogP contribution in [0.15, 0.2) is 0 Å². The molecule has 0 saturated carbocycles. The number of likely N-dealkylation sites (tertiary alicyclic amines) is 1. The van der Waals surface area contributed by atoms with Gasteiger partial charge in [-0.15, -0.1) is 0 Å². The van der Waals surface area contributed by atoms with Crippen LogP contribution in [0.3, 0.4) is 0 Å². The number of rotatable bonds is 5. The summed E-state index contributed by atoms with van der Waals surface area (Å²) in [6.07, 6.45) is 4.02. The molecule has 0 aliphatic carbocycles. The van der Waals surface area contributed by atoms with Gasteiger partial charge >= 0.3 is 0 Å². The van der Waals surface area contributed by atoms with Crippen molar-refractivity contribution in [3.05, 3.63) is 0 Å². The summed E-state index contributed by atoms with van der Waals surface area (Å²) in [6, 6.07) is 0.615. The van der Waals surface area contributed by atoms with E-state index in [-0.39, 0.29) is 0 Å². The molecule has 0 bridgehead atoms. The third-order valence-electron chi connectivity index (χ3n) is 4.89. The monoisotopic (exact) mass is 395 g/mol. The number of aliphatic hydroxyl groups is 1. The van der Waals surface area contributed by atoms with Gasteiger partial charge < -0.3 is 14.9 Å². The van der Waals surface area contributed by atoms with Crippen LogP contribution in [0.4, 0.5) is 0 Å². The highest BCUT2D eigenvalue weighted by atomic mass is 127. The lowest BCUT2D eigenvalue weighted by atomic mass is 9.86. The van der Waals surface area contributed by atoms with Crippen LogP contribution < -0.4 is 0 Å².